The van der Waals surface area contributed by atoms with E-state index in [0.29, 0.717) is 12.8 Å². The molecule has 0 radical (unpaired) electrons. The lowest BCUT2D eigenvalue weighted by Crippen LogP contribution is -2.43. The van der Waals surface area contributed by atoms with Gasteiger partial charge in [0.15, 0.2) is 11.5 Å². The first-order valence-electron chi connectivity index (χ1n) is 8.62. The van der Waals surface area contributed by atoms with Crippen molar-refractivity contribution in [2.24, 2.45) is 0 Å². The number of aliphatic hydroxyl groups excluding tert-OH is 1. The Bertz CT molecular complexity index is 773. The van der Waals surface area contributed by atoms with Crippen molar-refractivity contribution in [2.45, 2.75) is 43.4 Å². The van der Waals surface area contributed by atoms with Gasteiger partial charge in [-0.05, 0) is 24.6 Å². The molecule has 0 saturated heterocycles. The maximum Gasteiger partial charge on any atom is 0.166 e. The Balaban J connectivity index is 1.87. The highest BCUT2D eigenvalue weighted by Gasteiger charge is 2.53. The first-order valence-corrected chi connectivity index (χ1v) is 9.41. The number of methoxy groups -OCH3 is 1. The van der Waals surface area contributed by atoms with E-state index in [9.17, 15) is 5.11 Å². The van der Waals surface area contributed by atoms with Crippen LogP contribution in [0, 0.1) is 11.3 Å². The predicted octanol–water partition coefficient (Wildman–Crippen LogP) is 2.90. The van der Waals surface area contributed by atoms with Gasteiger partial charge < -0.3 is 14.6 Å². The van der Waals surface area contributed by atoms with Crippen LogP contribution in [0.3, 0.4) is 0 Å². The van der Waals surface area contributed by atoms with Gasteiger partial charge in [0.2, 0.25) is 0 Å². The third kappa shape index (κ3) is 2.57. The molecule has 0 amide bonds. The molecule has 0 fully saturated rings. The van der Waals surface area contributed by atoms with Crippen LogP contribution in [0.2, 0.25) is 0 Å². The van der Waals surface area contributed by atoms with E-state index in [-0.39, 0.29) is 11.5 Å². The van der Waals surface area contributed by atoms with Gasteiger partial charge in [-0.1, -0.05) is 28.1 Å². The van der Waals surface area contributed by atoms with E-state index in [2.05, 4.69) is 33.0 Å². The minimum absolute atomic E-state index is 0.0830. The first-order chi connectivity index (χ1) is 12.1. The molecule has 132 valence electrons. The molecule has 0 unspecified atom stereocenters. The van der Waals surface area contributed by atoms with E-state index in [0.717, 1.165) is 42.0 Å². The minimum atomic E-state index is -0.472. The number of nitrogens with zero attached hydrogens (tertiary/aromatic N) is 2. The van der Waals surface area contributed by atoms with Gasteiger partial charge >= 0.3 is 0 Å². The highest BCUT2D eigenvalue weighted by Crippen LogP contribution is 2.57. The van der Waals surface area contributed by atoms with Crippen LogP contribution in [0.4, 0.5) is 0 Å². The molecule has 0 aromatic heterocycles. The molecule has 25 heavy (non-hydrogen) atoms. The molecule has 3 atom stereocenters. The Morgan fingerprint density at radius 3 is 3.16 bits per heavy atom. The second kappa shape index (κ2) is 6.31. The van der Waals surface area contributed by atoms with Gasteiger partial charge in [0.25, 0.3) is 0 Å². The molecule has 2 aliphatic heterocycles. The molecule has 1 aromatic rings. The van der Waals surface area contributed by atoms with E-state index >= 15 is 0 Å². The van der Waals surface area contributed by atoms with Crippen LogP contribution in [0.25, 0.3) is 0 Å². The Kier molecular flexibility index (Phi) is 4.27. The Morgan fingerprint density at radius 1 is 1.56 bits per heavy atom. The van der Waals surface area contributed by atoms with Gasteiger partial charge in [0.1, 0.15) is 6.10 Å². The topological polar surface area (TPSA) is 65.7 Å². The summed E-state index contributed by atoms with van der Waals surface area (Å²) >= 11 is 3.72. The molecule has 5 nitrogen and oxygen atoms in total. The summed E-state index contributed by atoms with van der Waals surface area (Å²) in [5.74, 6) is 1.54. The number of rotatable bonds is 3. The highest BCUT2D eigenvalue weighted by atomic mass is 79.9. The van der Waals surface area contributed by atoms with Gasteiger partial charge in [-0.25, -0.2) is 0 Å². The average Bonchev–Trinajstić information content (AvgIpc) is 2.83. The van der Waals surface area contributed by atoms with E-state index < -0.39 is 6.10 Å². The second-order valence-corrected chi connectivity index (χ2v) is 7.84. The second-order valence-electron chi connectivity index (χ2n) is 6.99. The zero-order valence-corrected chi connectivity index (χ0v) is 15.8. The van der Waals surface area contributed by atoms with Crippen molar-refractivity contribution in [1.82, 2.24) is 4.90 Å². The third-order valence-electron chi connectivity index (χ3n) is 5.65. The summed E-state index contributed by atoms with van der Waals surface area (Å²) in [5.41, 5.74) is 2.16. The first kappa shape index (κ1) is 16.9. The molecular formula is C19H21BrN2O3. The molecular weight excluding hydrogens is 384 g/mol. The molecule has 2 heterocycles. The van der Waals surface area contributed by atoms with Crippen molar-refractivity contribution in [3.8, 4) is 17.6 Å². The van der Waals surface area contributed by atoms with Crippen LogP contribution in [0.5, 0.6) is 11.5 Å². The molecule has 3 aliphatic rings. The van der Waals surface area contributed by atoms with E-state index in [4.69, 9.17) is 14.7 Å². The van der Waals surface area contributed by atoms with Crippen molar-refractivity contribution >= 4 is 15.9 Å². The zero-order valence-electron chi connectivity index (χ0n) is 14.2. The summed E-state index contributed by atoms with van der Waals surface area (Å²) in [7, 11) is 1.66. The van der Waals surface area contributed by atoms with Crippen LogP contribution in [0.1, 0.15) is 30.4 Å². The lowest BCUT2D eigenvalue weighted by atomic mass is 9.69. The molecule has 1 N–H and O–H groups in total. The fourth-order valence-corrected chi connectivity index (χ4v) is 4.95. The van der Waals surface area contributed by atoms with Gasteiger partial charge in [0, 0.05) is 36.0 Å². The smallest absolute Gasteiger partial charge is 0.166 e. The van der Waals surface area contributed by atoms with Crippen molar-refractivity contribution in [3.63, 3.8) is 0 Å². The lowest BCUT2D eigenvalue weighted by molar-refractivity contribution is 0.0811. The lowest BCUT2D eigenvalue weighted by Gasteiger charge is -2.35. The van der Waals surface area contributed by atoms with Crippen molar-refractivity contribution < 1.29 is 14.6 Å². The Morgan fingerprint density at radius 2 is 2.40 bits per heavy atom. The van der Waals surface area contributed by atoms with Crippen LogP contribution >= 0.6 is 15.9 Å². The molecule has 1 spiro atoms. The average molecular weight is 405 g/mol. The number of ether oxygens (including phenoxy) is 2. The number of halogens is 1. The summed E-state index contributed by atoms with van der Waals surface area (Å²) in [6.45, 7) is 2.44. The number of benzene rings is 1. The molecule has 0 bridgehead atoms. The summed E-state index contributed by atoms with van der Waals surface area (Å²) in [4.78, 5) is 2.33. The normalized spacial score (nSPS) is 30.0. The summed E-state index contributed by atoms with van der Waals surface area (Å²) in [5, 5.41) is 19.0. The third-order valence-corrected chi connectivity index (χ3v) is 6.36. The highest BCUT2D eigenvalue weighted by molar-refractivity contribution is 9.10. The van der Waals surface area contributed by atoms with Gasteiger partial charge in [-0.3, -0.25) is 4.90 Å². The fourth-order valence-electron chi connectivity index (χ4n) is 4.42. The van der Waals surface area contributed by atoms with Crippen LogP contribution in [-0.2, 0) is 12.0 Å². The molecule has 1 aliphatic carbocycles. The van der Waals surface area contributed by atoms with Crippen molar-refractivity contribution in [1.29, 1.82) is 5.26 Å². The molecule has 6 heteroatoms. The quantitative estimate of drug-likeness (QED) is 0.784. The SMILES string of the molecule is COc1cc(Br)c2c3c1O[C@H]1C[C@@H](O)C=C[C@@]31CCN(CCC#N)C2. The summed E-state index contributed by atoms with van der Waals surface area (Å²) in [6, 6.07) is 4.21. The molecule has 1 aromatic carbocycles. The van der Waals surface area contributed by atoms with Crippen LogP contribution in [0.15, 0.2) is 22.7 Å². The van der Waals surface area contributed by atoms with Gasteiger partial charge in [-0.15, -0.1) is 0 Å². The standard InChI is InChI=1S/C19H21BrN2O3/c1-24-15-10-14(20)13-11-22(7-2-6-21)8-5-19-4-3-12(23)9-16(19)25-18(15)17(13)19/h3-4,10,12,16,23H,2,5,7-9,11H2,1H3/t12-,16-,19-/m0/s1. The Labute approximate surface area is 156 Å². The van der Waals surface area contributed by atoms with Gasteiger partial charge in [-0.2, -0.15) is 5.26 Å². The van der Waals surface area contributed by atoms with Gasteiger partial charge in [0.05, 0.1) is 24.7 Å². The minimum Gasteiger partial charge on any atom is -0.493 e. The van der Waals surface area contributed by atoms with E-state index in [1.54, 1.807) is 7.11 Å². The van der Waals surface area contributed by atoms with E-state index in [1.807, 2.05) is 12.1 Å². The molecule has 4 rings (SSSR count). The van der Waals surface area contributed by atoms with Crippen LogP contribution in [-0.4, -0.2) is 42.4 Å². The number of aliphatic hydroxyl groups is 1. The summed E-state index contributed by atoms with van der Waals surface area (Å²) in [6.07, 6.45) is 5.51. The number of nitriles is 1. The predicted molar refractivity (Wildman–Crippen MR) is 96.7 cm³/mol. The summed E-state index contributed by atoms with van der Waals surface area (Å²) < 4.78 is 12.9. The largest absolute Gasteiger partial charge is 0.493 e. The van der Waals surface area contributed by atoms with Crippen molar-refractivity contribution in [2.75, 3.05) is 20.2 Å². The van der Waals surface area contributed by atoms with Crippen LogP contribution < -0.4 is 9.47 Å². The molecule has 0 saturated carbocycles. The fraction of sp³-hybridized carbons (Fsp3) is 0.526. The number of hydrogen-bond acceptors (Lipinski definition) is 5. The number of hydrogen-bond donors (Lipinski definition) is 1. The maximum absolute atomic E-state index is 10.1. The monoisotopic (exact) mass is 404 g/mol. The van der Waals surface area contributed by atoms with E-state index in [1.165, 1.54) is 11.1 Å². The maximum atomic E-state index is 10.1. The Hall–Kier alpha value is -1.55. The zero-order chi connectivity index (χ0) is 17.6. The van der Waals surface area contributed by atoms with Crippen molar-refractivity contribution in [3.05, 3.63) is 33.8 Å².